The fourth-order valence-corrected chi connectivity index (χ4v) is 2.83. The molecule has 2 nitrogen and oxygen atoms in total. The third kappa shape index (κ3) is 2.21. The van der Waals surface area contributed by atoms with Gasteiger partial charge in [0.05, 0.1) is 5.69 Å². The van der Waals surface area contributed by atoms with Crippen molar-refractivity contribution < 1.29 is 8.78 Å². The summed E-state index contributed by atoms with van der Waals surface area (Å²) in [4.78, 5) is 1.97. The molecule has 0 saturated carbocycles. The van der Waals surface area contributed by atoms with E-state index in [0.29, 0.717) is 17.6 Å². The van der Waals surface area contributed by atoms with Crippen molar-refractivity contribution in [3.8, 4) is 0 Å². The zero-order valence-electron chi connectivity index (χ0n) is 11.1. The highest BCUT2D eigenvalue weighted by atomic mass is 19.2. The van der Waals surface area contributed by atoms with Crippen LogP contribution in [0, 0.1) is 17.6 Å². The molecule has 1 fully saturated rings. The highest BCUT2D eigenvalue weighted by Gasteiger charge is 2.33. The molecule has 1 saturated heterocycles. The summed E-state index contributed by atoms with van der Waals surface area (Å²) in [6.45, 7) is 4.96. The van der Waals surface area contributed by atoms with E-state index >= 15 is 0 Å². The third-order valence-corrected chi connectivity index (χ3v) is 4.18. The van der Waals surface area contributed by atoms with Crippen LogP contribution in [0.5, 0.6) is 0 Å². The predicted molar refractivity (Wildman–Crippen MR) is 69.8 cm³/mol. The molecule has 1 aromatic rings. The zero-order valence-corrected chi connectivity index (χ0v) is 11.1. The van der Waals surface area contributed by atoms with Crippen LogP contribution in [0.25, 0.3) is 0 Å². The van der Waals surface area contributed by atoms with Crippen LogP contribution in [0.1, 0.15) is 20.3 Å². The molecule has 2 rings (SSSR count). The summed E-state index contributed by atoms with van der Waals surface area (Å²) in [6, 6.07) is 5.00. The third-order valence-electron chi connectivity index (χ3n) is 4.18. The second-order valence-electron chi connectivity index (χ2n) is 5.05. The molecule has 1 heterocycles. The number of nitrogens with one attached hydrogen (secondary N) is 1. The van der Waals surface area contributed by atoms with Gasteiger partial charge in [-0.3, -0.25) is 0 Å². The first-order chi connectivity index (χ1) is 8.56. The van der Waals surface area contributed by atoms with Crippen LogP contribution in [0.15, 0.2) is 18.2 Å². The van der Waals surface area contributed by atoms with Crippen molar-refractivity contribution in [2.75, 3.05) is 18.5 Å². The SMILES string of the molecule is CNC1CCN(c2cccc(F)c2F)C(C)C1C. The van der Waals surface area contributed by atoms with E-state index in [2.05, 4.69) is 19.2 Å². The van der Waals surface area contributed by atoms with Crippen molar-refractivity contribution in [2.45, 2.75) is 32.4 Å². The van der Waals surface area contributed by atoms with Gasteiger partial charge in [0.1, 0.15) is 0 Å². The second-order valence-corrected chi connectivity index (χ2v) is 5.05. The minimum Gasteiger partial charge on any atom is -0.366 e. The molecule has 100 valence electrons. The molecule has 1 N–H and O–H groups in total. The average molecular weight is 254 g/mol. The van der Waals surface area contributed by atoms with Crippen molar-refractivity contribution >= 4 is 5.69 Å². The molecular weight excluding hydrogens is 234 g/mol. The van der Waals surface area contributed by atoms with E-state index in [4.69, 9.17) is 0 Å². The molecular formula is C14H20F2N2. The monoisotopic (exact) mass is 254 g/mol. The summed E-state index contributed by atoms with van der Waals surface area (Å²) >= 11 is 0. The standard InChI is InChI=1S/C14H20F2N2/c1-9-10(2)18(8-7-12(9)17-3)13-6-4-5-11(15)14(13)16/h4-6,9-10,12,17H,7-8H2,1-3H3. The van der Waals surface area contributed by atoms with Gasteiger partial charge in [0.15, 0.2) is 11.6 Å². The summed E-state index contributed by atoms with van der Waals surface area (Å²) in [5, 5.41) is 3.29. The minimum absolute atomic E-state index is 0.187. The molecule has 0 amide bonds. The maximum atomic E-state index is 13.8. The molecule has 0 aliphatic carbocycles. The Morgan fingerprint density at radius 1 is 1.28 bits per heavy atom. The molecule has 0 aromatic heterocycles. The quantitative estimate of drug-likeness (QED) is 0.873. The molecule has 0 bridgehead atoms. The van der Waals surface area contributed by atoms with Crippen LogP contribution < -0.4 is 10.2 Å². The Labute approximate surface area is 107 Å². The second kappa shape index (κ2) is 5.22. The van der Waals surface area contributed by atoms with Gasteiger partial charge in [-0.25, -0.2) is 8.78 Å². The zero-order chi connectivity index (χ0) is 13.3. The van der Waals surface area contributed by atoms with E-state index in [1.165, 1.54) is 0 Å². The highest BCUT2D eigenvalue weighted by Crippen LogP contribution is 2.31. The Morgan fingerprint density at radius 3 is 2.67 bits per heavy atom. The Balaban J connectivity index is 2.27. The van der Waals surface area contributed by atoms with E-state index in [1.807, 2.05) is 11.9 Å². The lowest BCUT2D eigenvalue weighted by atomic mass is 9.86. The maximum Gasteiger partial charge on any atom is 0.182 e. The molecule has 3 unspecified atom stereocenters. The number of rotatable bonds is 2. The average Bonchev–Trinajstić information content (AvgIpc) is 2.37. The van der Waals surface area contributed by atoms with Crippen LogP contribution >= 0.6 is 0 Å². The van der Waals surface area contributed by atoms with Crippen molar-refractivity contribution in [1.82, 2.24) is 5.32 Å². The smallest absolute Gasteiger partial charge is 0.182 e. The van der Waals surface area contributed by atoms with Gasteiger partial charge in [0, 0.05) is 18.6 Å². The van der Waals surface area contributed by atoms with Crippen LogP contribution in [0.4, 0.5) is 14.5 Å². The van der Waals surface area contributed by atoms with Crippen LogP contribution in [-0.2, 0) is 0 Å². The number of piperidine rings is 1. The number of hydrogen-bond acceptors (Lipinski definition) is 2. The number of hydrogen-bond donors (Lipinski definition) is 1. The van der Waals surface area contributed by atoms with Gasteiger partial charge in [-0.05, 0) is 38.4 Å². The van der Waals surface area contributed by atoms with Gasteiger partial charge in [0.25, 0.3) is 0 Å². The Morgan fingerprint density at radius 2 is 2.00 bits per heavy atom. The molecule has 1 aliphatic rings. The largest absolute Gasteiger partial charge is 0.366 e. The molecule has 3 atom stereocenters. The lowest BCUT2D eigenvalue weighted by Crippen LogP contribution is -2.53. The predicted octanol–water partition coefficient (Wildman–Crippen LogP) is 2.79. The van der Waals surface area contributed by atoms with Crippen molar-refractivity contribution in [1.29, 1.82) is 0 Å². The lowest BCUT2D eigenvalue weighted by Gasteiger charge is -2.44. The topological polar surface area (TPSA) is 15.3 Å². The molecule has 18 heavy (non-hydrogen) atoms. The summed E-state index contributed by atoms with van der Waals surface area (Å²) in [5.74, 6) is -1.12. The van der Waals surface area contributed by atoms with Gasteiger partial charge in [-0.1, -0.05) is 13.0 Å². The van der Waals surface area contributed by atoms with Crippen LogP contribution in [0.3, 0.4) is 0 Å². The van der Waals surface area contributed by atoms with Crippen LogP contribution in [0.2, 0.25) is 0 Å². The van der Waals surface area contributed by atoms with E-state index in [-0.39, 0.29) is 6.04 Å². The van der Waals surface area contributed by atoms with E-state index in [0.717, 1.165) is 19.0 Å². The van der Waals surface area contributed by atoms with Gasteiger partial charge in [-0.15, -0.1) is 0 Å². The van der Waals surface area contributed by atoms with Gasteiger partial charge in [-0.2, -0.15) is 0 Å². The maximum absolute atomic E-state index is 13.8. The Bertz CT molecular complexity index is 422. The molecule has 0 spiro atoms. The van der Waals surface area contributed by atoms with E-state index in [1.54, 1.807) is 12.1 Å². The summed E-state index contributed by atoms with van der Waals surface area (Å²) in [6.07, 6.45) is 0.942. The van der Waals surface area contributed by atoms with E-state index < -0.39 is 11.6 Å². The minimum atomic E-state index is -0.775. The summed E-state index contributed by atoms with van der Waals surface area (Å²) < 4.78 is 27.1. The van der Waals surface area contributed by atoms with Crippen molar-refractivity contribution in [2.24, 2.45) is 5.92 Å². The number of halogens is 2. The van der Waals surface area contributed by atoms with Gasteiger partial charge >= 0.3 is 0 Å². The van der Waals surface area contributed by atoms with Gasteiger partial charge in [0.2, 0.25) is 0 Å². The lowest BCUT2D eigenvalue weighted by molar-refractivity contribution is 0.280. The summed E-state index contributed by atoms with van der Waals surface area (Å²) in [7, 11) is 1.95. The van der Waals surface area contributed by atoms with E-state index in [9.17, 15) is 8.78 Å². The molecule has 1 aliphatic heterocycles. The molecule has 4 heteroatoms. The molecule has 1 aromatic carbocycles. The highest BCUT2D eigenvalue weighted by molar-refractivity contribution is 5.49. The first-order valence-electron chi connectivity index (χ1n) is 6.44. The normalized spacial score (nSPS) is 28.5. The fourth-order valence-electron chi connectivity index (χ4n) is 2.83. The number of benzene rings is 1. The molecule has 0 radical (unpaired) electrons. The number of nitrogens with zero attached hydrogens (tertiary/aromatic N) is 1. The van der Waals surface area contributed by atoms with Crippen molar-refractivity contribution in [3.63, 3.8) is 0 Å². The number of anilines is 1. The first-order valence-corrected chi connectivity index (χ1v) is 6.44. The van der Waals surface area contributed by atoms with Crippen molar-refractivity contribution in [3.05, 3.63) is 29.8 Å². The Hall–Kier alpha value is -1.16. The summed E-state index contributed by atoms with van der Waals surface area (Å²) in [5.41, 5.74) is 0.379. The van der Waals surface area contributed by atoms with Gasteiger partial charge < -0.3 is 10.2 Å². The fraction of sp³-hybridized carbons (Fsp3) is 0.571. The first kappa shape index (κ1) is 13.3. The van der Waals surface area contributed by atoms with Crippen LogP contribution in [-0.4, -0.2) is 25.7 Å². The Kier molecular flexibility index (Phi) is 3.85.